The molecule has 4 aliphatic rings. The van der Waals surface area contributed by atoms with Crippen molar-refractivity contribution in [1.29, 1.82) is 0 Å². The molecule has 2 saturated carbocycles. The molecule has 3 fully saturated rings. The van der Waals surface area contributed by atoms with Gasteiger partial charge in [-0.05, 0) is 53.5 Å². The summed E-state index contributed by atoms with van der Waals surface area (Å²) in [6.07, 6.45) is 3.54. The summed E-state index contributed by atoms with van der Waals surface area (Å²) in [5.41, 5.74) is 4.84. The number of anilines is 1. The summed E-state index contributed by atoms with van der Waals surface area (Å²) < 4.78 is 33.6. The van der Waals surface area contributed by atoms with Gasteiger partial charge in [0, 0.05) is 50.7 Å². The number of rotatable bonds is 7. The third-order valence-electron chi connectivity index (χ3n) is 8.62. The maximum Gasteiger partial charge on any atom is 0.235 e. The van der Waals surface area contributed by atoms with Crippen molar-refractivity contribution in [2.75, 3.05) is 31.5 Å². The average Bonchev–Trinajstić information content (AvgIpc) is 3.62. The van der Waals surface area contributed by atoms with Crippen LogP contribution >= 0.6 is 12.4 Å². The molecular weight excluding hydrogens is 456 g/mol. The second kappa shape index (κ2) is 7.98. The van der Waals surface area contributed by atoms with Crippen molar-refractivity contribution in [2.24, 2.45) is 11.8 Å². The summed E-state index contributed by atoms with van der Waals surface area (Å²) in [5.74, 6) is 1.24. The molecule has 0 spiro atoms. The minimum atomic E-state index is -3.23. The second-order valence-electron chi connectivity index (χ2n) is 10.6. The lowest BCUT2D eigenvalue weighted by atomic mass is 9.91. The Kier molecular flexibility index (Phi) is 5.60. The van der Waals surface area contributed by atoms with Crippen molar-refractivity contribution in [3.8, 4) is 0 Å². The number of sulfonamides is 1. The van der Waals surface area contributed by atoms with E-state index in [0.29, 0.717) is 17.5 Å². The minimum absolute atomic E-state index is 0. The number of hydrogen-bond donors (Lipinski definition) is 1. The van der Waals surface area contributed by atoms with Crippen LogP contribution in [0.4, 0.5) is 5.69 Å². The van der Waals surface area contributed by atoms with E-state index in [1.54, 1.807) is 0 Å². The van der Waals surface area contributed by atoms with Crippen LogP contribution in [0, 0.1) is 11.8 Å². The molecule has 6 rings (SSSR count). The van der Waals surface area contributed by atoms with Gasteiger partial charge in [0.25, 0.3) is 0 Å². The Labute approximate surface area is 203 Å². The number of ether oxygens (including phenoxy) is 1. The molecule has 2 unspecified atom stereocenters. The molecule has 1 heterocycles. The van der Waals surface area contributed by atoms with E-state index in [9.17, 15) is 8.42 Å². The van der Waals surface area contributed by atoms with E-state index >= 15 is 0 Å². The van der Waals surface area contributed by atoms with Gasteiger partial charge in [0.15, 0.2) is 0 Å². The van der Waals surface area contributed by atoms with Gasteiger partial charge in [0.05, 0.1) is 10.9 Å². The molecule has 5 nitrogen and oxygen atoms in total. The van der Waals surface area contributed by atoms with Crippen molar-refractivity contribution in [2.45, 2.75) is 48.9 Å². The Balaban J connectivity index is 0.00000228. The molecule has 0 amide bonds. The van der Waals surface area contributed by atoms with Crippen LogP contribution in [0.3, 0.4) is 0 Å². The van der Waals surface area contributed by atoms with Crippen molar-refractivity contribution < 1.29 is 13.2 Å². The lowest BCUT2D eigenvalue weighted by Gasteiger charge is -2.34. The number of nitrogens with zero attached hydrogens (tertiary/aromatic N) is 1. The summed E-state index contributed by atoms with van der Waals surface area (Å²) in [6.45, 7) is 5.50. The first-order valence-corrected chi connectivity index (χ1v) is 13.3. The van der Waals surface area contributed by atoms with Gasteiger partial charge in [0.2, 0.25) is 10.0 Å². The smallest absolute Gasteiger partial charge is 0.235 e. The third-order valence-corrected chi connectivity index (χ3v) is 10.5. The fourth-order valence-corrected chi connectivity index (χ4v) is 7.83. The zero-order chi connectivity index (χ0) is 22.1. The van der Waals surface area contributed by atoms with Crippen molar-refractivity contribution in [1.82, 2.24) is 4.90 Å². The predicted molar refractivity (Wildman–Crippen MR) is 134 cm³/mol. The lowest BCUT2D eigenvalue weighted by Crippen LogP contribution is -2.46. The highest BCUT2D eigenvalue weighted by atomic mass is 35.5. The fraction of sp³-hybridized carbons (Fsp3) is 0.538. The molecule has 1 saturated heterocycles. The van der Waals surface area contributed by atoms with Gasteiger partial charge in [-0.3, -0.25) is 9.62 Å². The van der Waals surface area contributed by atoms with Gasteiger partial charge in [-0.1, -0.05) is 43.3 Å². The molecule has 0 bridgehead atoms. The first-order valence-electron chi connectivity index (χ1n) is 11.8. The Morgan fingerprint density at radius 1 is 1.03 bits per heavy atom. The molecular formula is C26H33ClN2O3S. The second-order valence-corrected chi connectivity index (χ2v) is 12.6. The van der Waals surface area contributed by atoms with Crippen LogP contribution in [0.1, 0.15) is 36.5 Å². The number of fused-ring (bicyclic) bond motifs is 2. The molecule has 0 radical (unpaired) electrons. The van der Waals surface area contributed by atoms with Crippen molar-refractivity contribution >= 4 is 28.1 Å². The molecule has 2 aromatic rings. The Morgan fingerprint density at radius 2 is 1.67 bits per heavy atom. The topological polar surface area (TPSA) is 58.6 Å². The van der Waals surface area contributed by atoms with Gasteiger partial charge in [0.1, 0.15) is 0 Å². The van der Waals surface area contributed by atoms with Gasteiger partial charge >= 0.3 is 0 Å². The highest BCUT2D eigenvalue weighted by Crippen LogP contribution is 2.63. The number of nitrogens with one attached hydrogen (secondary N) is 1. The Morgan fingerprint density at radius 3 is 2.24 bits per heavy atom. The summed E-state index contributed by atoms with van der Waals surface area (Å²) in [4.78, 5) is 2.59. The molecule has 0 aromatic heterocycles. The van der Waals surface area contributed by atoms with E-state index in [1.165, 1.54) is 16.7 Å². The van der Waals surface area contributed by atoms with Crippen molar-refractivity contribution in [3.05, 3.63) is 65.2 Å². The fourth-order valence-electron chi connectivity index (χ4n) is 6.45. The monoisotopic (exact) mass is 488 g/mol. The van der Waals surface area contributed by atoms with Gasteiger partial charge in [-0.25, -0.2) is 8.42 Å². The maximum absolute atomic E-state index is 12.4. The molecule has 2 aromatic carbocycles. The normalized spacial score (nSPS) is 29.8. The van der Waals surface area contributed by atoms with E-state index in [4.69, 9.17) is 4.74 Å². The largest absolute Gasteiger partial charge is 0.376 e. The van der Waals surface area contributed by atoms with E-state index in [0.717, 1.165) is 45.3 Å². The number of benzene rings is 2. The Bertz CT molecular complexity index is 1130. The Hall–Kier alpha value is -1.60. The van der Waals surface area contributed by atoms with Crippen LogP contribution in [0.2, 0.25) is 0 Å². The number of hydrogen-bond acceptors (Lipinski definition) is 4. The molecule has 2 atom stereocenters. The van der Waals surface area contributed by atoms with Gasteiger partial charge < -0.3 is 4.74 Å². The van der Waals surface area contributed by atoms with Crippen LogP contribution in [0.25, 0.3) is 0 Å². The third kappa shape index (κ3) is 3.89. The molecule has 1 aliphatic heterocycles. The zero-order valence-electron chi connectivity index (χ0n) is 19.3. The zero-order valence-corrected chi connectivity index (χ0v) is 20.9. The molecule has 7 heteroatoms. The van der Waals surface area contributed by atoms with Gasteiger partial charge in [-0.2, -0.15) is 0 Å². The first-order chi connectivity index (χ1) is 15.3. The first kappa shape index (κ1) is 23.2. The quantitative estimate of drug-likeness (QED) is 0.639. The lowest BCUT2D eigenvalue weighted by molar-refractivity contribution is -0.0274. The van der Waals surface area contributed by atoms with Gasteiger partial charge in [-0.15, -0.1) is 12.4 Å². The highest BCUT2D eigenvalue weighted by Gasteiger charge is 2.66. The maximum atomic E-state index is 12.4. The van der Waals surface area contributed by atoms with Crippen LogP contribution in [0.15, 0.2) is 48.5 Å². The number of likely N-dealkylation sites (tertiary alicyclic amines) is 1. The van der Waals surface area contributed by atoms with E-state index in [2.05, 4.69) is 52.9 Å². The molecule has 1 N–H and O–H groups in total. The summed E-state index contributed by atoms with van der Waals surface area (Å²) in [7, 11) is -1.37. The van der Waals surface area contributed by atoms with E-state index in [-0.39, 0.29) is 28.7 Å². The van der Waals surface area contributed by atoms with E-state index in [1.807, 2.05) is 19.2 Å². The molecule has 3 aliphatic carbocycles. The van der Waals surface area contributed by atoms with Crippen LogP contribution in [-0.2, 0) is 33.0 Å². The summed E-state index contributed by atoms with van der Waals surface area (Å²) >= 11 is 0. The highest BCUT2D eigenvalue weighted by molar-refractivity contribution is 7.93. The minimum Gasteiger partial charge on any atom is -0.376 e. The SMILES string of the molecule is COC1(CN2CC3C(C2)C3(C)c2cccc(NS(=O)(=O)C3CC3)c2)Cc2ccccc2C1.Cl. The summed E-state index contributed by atoms with van der Waals surface area (Å²) in [6, 6.07) is 16.8. The summed E-state index contributed by atoms with van der Waals surface area (Å²) in [5, 5.41) is -0.203. The molecule has 178 valence electrons. The van der Waals surface area contributed by atoms with E-state index < -0.39 is 10.0 Å². The number of methoxy groups -OCH3 is 1. The number of halogens is 1. The van der Waals surface area contributed by atoms with Crippen molar-refractivity contribution in [3.63, 3.8) is 0 Å². The average molecular weight is 489 g/mol. The van der Waals surface area contributed by atoms with Crippen LogP contribution in [0.5, 0.6) is 0 Å². The number of piperidine rings is 1. The standard InChI is InChI=1S/C26H32N2O3S.ClH/c1-25(20-8-5-9-21(12-20)27-32(29,30)22-10-11-22)23-15-28(16-24(23)25)17-26(31-2)13-18-6-3-4-7-19(18)14-26;/h3-9,12,22-24,27H,10-11,13-17H2,1-2H3;1H. The molecule has 33 heavy (non-hydrogen) atoms. The van der Waals surface area contributed by atoms with Crippen LogP contribution < -0.4 is 4.72 Å². The predicted octanol–water partition coefficient (Wildman–Crippen LogP) is 4.02. The van der Waals surface area contributed by atoms with Crippen LogP contribution in [-0.4, -0.2) is 50.9 Å².